The highest BCUT2D eigenvalue weighted by Crippen LogP contribution is 2.28. The number of hydrogen-bond donors (Lipinski definition) is 0. The summed E-state index contributed by atoms with van der Waals surface area (Å²) in [4.78, 5) is 12.1. The van der Waals surface area contributed by atoms with E-state index in [-0.39, 0.29) is 0 Å². The van der Waals surface area contributed by atoms with Crippen LogP contribution in [0, 0.1) is 0 Å². The van der Waals surface area contributed by atoms with Gasteiger partial charge in [-0.3, -0.25) is 4.79 Å². The van der Waals surface area contributed by atoms with Crippen LogP contribution in [0.15, 0.2) is 51.8 Å². The number of benzene rings is 2. The summed E-state index contributed by atoms with van der Waals surface area (Å²) in [5.74, 6) is 1.28. The number of ether oxygens (including phenoxy) is 1. The molecule has 0 radical (unpaired) electrons. The highest BCUT2D eigenvalue weighted by atomic mass is 79.9. The van der Waals surface area contributed by atoms with Crippen molar-refractivity contribution >= 4 is 34.0 Å². The van der Waals surface area contributed by atoms with Crippen molar-refractivity contribution in [1.29, 1.82) is 0 Å². The fourth-order valence-corrected chi connectivity index (χ4v) is 2.26. The van der Waals surface area contributed by atoms with Crippen molar-refractivity contribution in [3.8, 4) is 11.5 Å². The third kappa shape index (κ3) is 3.15. The Hall–Kier alpha value is -1.26. The van der Waals surface area contributed by atoms with Crippen molar-refractivity contribution in [2.75, 3.05) is 6.26 Å². The first kappa shape index (κ1) is 13.2. The molecule has 0 atom stereocenters. The van der Waals surface area contributed by atoms with E-state index in [9.17, 15) is 4.79 Å². The van der Waals surface area contributed by atoms with E-state index >= 15 is 0 Å². The Morgan fingerprint density at radius 1 is 1.17 bits per heavy atom. The molecule has 18 heavy (non-hydrogen) atoms. The Labute approximate surface area is 118 Å². The van der Waals surface area contributed by atoms with E-state index in [4.69, 9.17) is 4.74 Å². The third-order valence-electron chi connectivity index (χ3n) is 2.39. The lowest BCUT2D eigenvalue weighted by Crippen LogP contribution is -1.90. The topological polar surface area (TPSA) is 26.3 Å². The molecule has 0 aliphatic heterocycles. The molecule has 2 aromatic rings. The van der Waals surface area contributed by atoms with Crippen LogP contribution in [-0.4, -0.2) is 12.5 Å². The number of hydrogen-bond acceptors (Lipinski definition) is 3. The molecule has 0 aliphatic rings. The molecule has 2 nitrogen and oxygen atoms in total. The van der Waals surface area contributed by atoms with Gasteiger partial charge in [0.25, 0.3) is 0 Å². The minimum atomic E-state index is 0.526. The molecule has 2 aromatic carbocycles. The largest absolute Gasteiger partial charge is 0.457 e. The Balaban J connectivity index is 2.24. The first-order valence-corrected chi connectivity index (χ1v) is 7.31. The van der Waals surface area contributed by atoms with Crippen LogP contribution in [0.2, 0.25) is 0 Å². The van der Waals surface area contributed by atoms with E-state index in [1.54, 1.807) is 23.9 Å². The van der Waals surface area contributed by atoms with Crippen molar-refractivity contribution in [3.63, 3.8) is 0 Å². The van der Waals surface area contributed by atoms with Crippen LogP contribution in [0.3, 0.4) is 0 Å². The molecular weight excluding hydrogens is 312 g/mol. The second-order valence-electron chi connectivity index (χ2n) is 3.58. The molecule has 0 saturated carbocycles. The van der Waals surface area contributed by atoms with Crippen molar-refractivity contribution in [3.05, 3.63) is 52.5 Å². The Bertz CT molecular complexity index is 552. The second-order valence-corrected chi connectivity index (χ2v) is 5.37. The monoisotopic (exact) mass is 322 g/mol. The van der Waals surface area contributed by atoms with Crippen molar-refractivity contribution < 1.29 is 9.53 Å². The average Bonchev–Trinajstić information content (AvgIpc) is 2.41. The van der Waals surface area contributed by atoms with E-state index in [2.05, 4.69) is 15.9 Å². The second kappa shape index (κ2) is 6.07. The maximum Gasteiger partial charge on any atom is 0.153 e. The average molecular weight is 323 g/mol. The number of aldehydes is 1. The molecule has 4 heteroatoms. The van der Waals surface area contributed by atoms with Crippen LogP contribution in [0.4, 0.5) is 0 Å². The molecule has 2 rings (SSSR count). The lowest BCUT2D eigenvalue weighted by Gasteiger charge is -2.08. The molecule has 0 amide bonds. The van der Waals surface area contributed by atoms with Crippen LogP contribution < -0.4 is 4.74 Å². The van der Waals surface area contributed by atoms with Gasteiger partial charge in [0.15, 0.2) is 6.29 Å². The van der Waals surface area contributed by atoms with Gasteiger partial charge >= 0.3 is 0 Å². The molecular formula is C14H11BrO2S. The summed E-state index contributed by atoms with van der Waals surface area (Å²) in [6.07, 6.45) is 2.81. The standard InChI is InChI=1S/C14H11BrO2S/c1-18-13-5-3-12(4-6-13)17-14-7-2-11(15)8-10(14)9-16/h2-9H,1H3. The van der Waals surface area contributed by atoms with Crippen LogP contribution in [-0.2, 0) is 0 Å². The van der Waals surface area contributed by atoms with E-state index in [0.717, 1.165) is 16.5 Å². The maximum absolute atomic E-state index is 11.0. The highest BCUT2D eigenvalue weighted by Gasteiger charge is 2.05. The van der Waals surface area contributed by atoms with Crippen molar-refractivity contribution in [1.82, 2.24) is 0 Å². The smallest absolute Gasteiger partial charge is 0.153 e. The fourth-order valence-electron chi connectivity index (χ4n) is 1.48. The predicted octanol–water partition coefficient (Wildman–Crippen LogP) is 4.78. The number of carbonyl (C=O) groups excluding carboxylic acids is 1. The predicted molar refractivity (Wildman–Crippen MR) is 77.8 cm³/mol. The summed E-state index contributed by atoms with van der Waals surface area (Å²) in [5, 5.41) is 0. The fraction of sp³-hybridized carbons (Fsp3) is 0.0714. The molecule has 0 bridgehead atoms. The molecule has 92 valence electrons. The van der Waals surface area contributed by atoms with Gasteiger partial charge in [-0.15, -0.1) is 11.8 Å². The Morgan fingerprint density at radius 2 is 1.89 bits per heavy atom. The molecule has 0 unspecified atom stereocenters. The SMILES string of the molecule is CSc1ccc(Oc2ccc(Br)cc2C=O)cc1. The van der Waals surface area contributed by atoms with Gasteiger partial charge in [-0.25, -0.2) is 0 Å². The zero-order valence-electron chi connectivity index (χ0n) is 9.72. The van der Waals surface area contributed by atoms with Crippen LogP contribution in [0.1, 0.15) is 10.4 Å². The lowest BCUT2D eigenvalue weighted by molar-refractivity contribution is 0.112. The molecule has 0 aromatic heterocycles. The molecule has 0 heterocycles. The van der Waals surface area contributed by atoms with Gasteiger partial charge in [-0.1, -0.05) is 15.9 Å². The minimum Gasteiger partial charge on any atom is -0.457 e. The van der Waals surface area contributed by atoms with E-state index in [0.29, 0.717) is 11.3 Å². The molecule has 0 saturated heterocycles. The summed E-state index contributed by atoms with van der Waals surface area (Å²) in [6, 6.07) is 13.1. The van der Waals surface area contributed by atoms with Gasteiger partial charge in [0.2, 0.25) is 0 Å². The summed E-state index contributed by atoms with van der Waals surface area (Å²) < 4.78 is 6.55. The Morgan fingerprint density at radius 3 is 2.50 bits per heavy atom. The van der Waals surface area contributed by atoms with Crippen LogP contribution >= 0.6 is 27.7 Å². The maximum atomic E-state index is 11.0. The van der Waals surface area contributed by atoms with Gasteiger partial charge < -0.3 is 4.74 Å². The quantitative estimate of drug-likeness (QED) is 0.598. The van der Waals surface area contributed by atoms with Gasteiger partial charge in [-0.2, -0.15) is 0 Å². The van der Waals surface area contributed by atoms with Gasteiger partial charge in [0, 0.05) is 9.37 Å². The van der Waals surface area contributed by atoms with Gasteiger partial charge in [-0.05, 0) is 48.7 Å². The summed E-state index contributed by atoms with van der Waals surface area (Å²) in [5.41, 5.74) is 0.526. The summed E-state index contributed by atoms with van der Waals surface area (Å²) >= 11 is 5.00. The zero-order chi connectivity index (χ0) is 13.0. The first-order chi connectivity index (χ1) is 8.72. The van der Waals surface area contributed by atoms with E-state index < -0.39 is 0 Å². The van der Waals surface area contributed by atoms with Gasteiger partial charge in [0.05, 0.1) is 5.56 Å². The molecule has 0 N–H and O–H groups in total. The number of thioether (sulfide) groups is 1. The molecule has 0 aliphatic carbocycles. The van der Waals surface area contributed by atoms with Crippen molar-refractivity contribution in [2.45, 2.75) is 4.90 Å². The third-order valence-corrected chi connectivity index (χ3v) is 3.62. The normalized spacial score (nSPS) is 10.1. The van der Waals surface area contributed by atoms with E-state index in [1.165, 1.54) is 4.90 Å². The van der Waals surface area contributed by atoms with Crippen LogP contribution in [0.5, 0.6) is 11.5 Å². The number of halogens is 1. The van der Waals surface area contributed by atoms with Crippen molar-refractivity contribution in [2.24, 2.45) is 0 Å². The van der Waals surface area contributed by atoms with Gasteiger partial charge in [0.1, 0.15) is 11.5 Å². The summed E-state index contributed by atoms with van der Waals surface area (Å²) in [7, 11) is 0. The first-order valence-electron chi connectivity index (χ1n) is 5.29. The zero-order valence-corrected chi connectivity index (χ0v) is 12.1. The number of rotatable bonds is 4. The molecule has 0 spiro atoms. The summed E-state index contributed by atoms with van der Waals surface area (Å²) in [6.45, 7) is 0. The lowest BCUT2D eigenvalue weighted by atomic mass is 10.2. The molecule has 0 fully saturated rings. The Kier molecular flexibility index (Phi) is 4.44. The highest BCUT2D eigenvalue weighted by molar-refractivity contribution is 9.10. The number of carbonyl (C=O) groups is 1. The minimum absolute atomic E-state index is 0.526. The van der Waals surface area contributed by atoms with E-state index in [1.807, 2.05) is 36.6 Å². The van der Waals surface area contributed by atoms with Crippen LogP contribution in [0.25, 0.3) is 0 Å².